The van der Waals surface area contributed by atoms with E-state index >= 15 is 0 Å². The van der Waals surface area contributed by atoms with Gasteiger partial charge >= 0.3 is 0 Å². The molecule has 0 saturated heterocycles. The maximum absolute atomic E-state index is 2.46. The van der Waals surface area contributed by atoms with E-state index in [2.05, 4.69) is 103 Å². The largest absolute Gasteiger partial charge is 0.152 e. The summed E-state index contributed by atoms with van der Waals surface area (Å²) in [5.74, 6) is 4.40. The fourth-order valence-electron chi connectivity index (χ4n) is 3.69. The molecule has 1 aliphatic rings. The van der Waals surface area contributed by atoms with Gasteiger partial charge in [-0.1, -0.05) is 65.8 Å². The van der Waals surface area contributed by atoms with Crippen molar-refractivity contribution in [1.29, 1.82) is 0 Å². The van der Waals surface area contributed by atoms with Crippen molar-refractivity contribution < 1.29 is 0 Å². The topological polar surface area (TPSA) is 0 Å². The Hall–Kier alpha value is -0.860. The van der Waals surface area contributed by atoms with E-state index < -0.39 is 0 Å². The van der Waals surface area contributed by atoms with Crippen LogP contribution in [0.2, 0.25) is 0 Å². The number of rotatable bonds is 0. The van der Waals surface area contributed by atoms with E-state index in [0.717, 1.165) is 23.0 Å². The normalized spacial score (nSPS) is 15.7. The Bertz CT molecular complexity index is 739. The summed E-state index contributed by atoms with van der Waals surface area (Å²) in [5, 5.41) is 0. The van der Waals surface area contributed by atoms with Gasteiger partial charge in [0.05, 0.1) is 0 Å². The molecule has 1 aliphatic heterocycles. The predicted octanol–water partition coefficient (Wildman–Crippen LogP) is 8.08. The zero-order valence-electron chi connectivity index (χ0n) is 19.0. The van der Waals surface area contributed by atoms with Gasteiger partial charge < -0.3 is 0 Å². The first-order valence-electron chi connectivity index (χ1n) is 10.4. The van der Waals surface area contributed by atoms with Gasteiger partial charge in [-0.05, 0) is 69.2 Å². The smallest absolute Gasteiger partial charge is 0.0190 e. The third-order valence-corrected chi connectivity index (χ3v) is 8.07. The lowest BCUT2D eigenvalue weighted by atomic mass is 9.84. The van der Waals surface area contributed by atoms with Crippen LogP contribution in [0.4, 0.5) is 0 Å². The maximum Gasteiger partial charge on any atom is 0.0190 e. The van der Waals surface area contributed by atoms with Crippen LogP contribution in [0, 0.1) is 13.8 Å². The lowest BCUT2D eigenvalue weighted by Crippen LogP contribution is -2.14. The Morgan fingerprint density at radius 1 is 0.536 bits per heavy atom. The molecule has 0 saturated carbocycles. The quantitative estimate of drug-likeness (QED) is 0.429. The molecule has 0 nitrogen and oxygen atoms in total. The van der Waals surface area contributed by atoms with Gasteiger partial charge in [-0.3, -0.25) is 0 Å². The molecule has 0 fully saturated rings. The van der Waals surface area contributed by atoms with Crippen molar-refractivity contribution in [3.63, 3.8) is 0 Å². The summed E-state index contributed by atoms with van der Waals surface area (Å²) in [7, 11) is 0. The fraction of sp³-hybridized carbons (Fsp3) is 0.538. The molecule has 152 valence electrons. The first-order valence-corrected chi connectivity index (χ1v) is 12.7. The Labute approximate surface area is 181 Å². The number of hydrogen-bond acceptors (Lipinski definition) is 2. The predicted molar refractivity (Wildman–Crippen MR) is 130 cm³/mol. The average Bonchev–Trinajstić information content (AvgIpc) is 2.57. The van der Waals surface area contributed by atoms with Gasteiger partial charge in [0.15, 0.2) is 0 Å². The maximum atomic E-state index is 2.46. The minimum atomic E-state index is 0.200. The van der Waals surface area contributed by atoms with Crippen LogP contribution in [0.1, 0.15) is 86.1 Å². The standard InChI is InChI=1S/C26H36S2/c1-17-19-9-23(25(3,4)5)10-20(17)14-28-16-22-12-24(26(6,7)8)11-21(18(22)2)15-27-13-19/h9-12H,13-16H2,1-8H3. The lowest BCUT2D eigenvalue weighted by molar-refractivity contribution is 0.588. The molecule has 0 aromatic heterocycles. The highest BCUT2D eigenvalue weighted by Crippen LogP contribution is 2.36. The van der Waals surface area contributed by atoms with E-state index in [-0.39, 0.29) is 10.8 Å². The summed E-state index contributed by atoms with van der Waals surface area (Å²) in [6.45, 7) is 18.6. The number of benzene rings is 2. The first kappa shape index (κ1) is 21.8. The van der Waals surface area contributed by atoms with Crippen molar-refractivity contribution in [2.24, 2.45) is 0 Å². The van der Waals surface area contributed by atoms with Crippen molar-refractivity contribution in [3.8, 4) is 0 Å². The highest BCUT2D eigenvalue weighted by molar-refractivity contribution is 7.98. The summed E-state index contributed by atoms with van der Waals surface area (Å²) in [6, 6.07) is 9.86. The molecule has 0 spiro atoms. The van der Waals surface area contributed by atoms with E-state index in [1.54, 1.807) is 0 Å². The van der Waals surface area contributed by atoms with Crippen molar-refractivity contribution in [1.82, 2.24) is 0 Å². The summed E-state index contributed by atoms with van der Waals surface area (Å²) in [6.07, 6.45) is 0. The van der Waals surface area contributed by atoms with Crippen LogP contribution in [0.5, 0.6) is 0 Å². The SMILES string of the molecule is Cc1c2cc(C(C)(C)C)cc1CSCc1cc(C(C)(C)C)cc(c1C)CSC2. The molecule has 0 unspecified atom stereocenters. The zero-order chi connectivity index (χ0) is 20.7. The number of fused-ring (bicyclic) bond motifs is 4. The summed E-state index contributed by atoms with van der Waals surface area (Å²) in [5.41, 5.74) is 12.5. The summed E-state index contributed by atoms with van der Waals surface area (Å²) in [4.78, 5) is 0. The number of thioether (sulfide) groups is 2. The van der Waals surface area contributed by atoms with E-state index in [9.17, 15) is 0 Å². The third-order valence-electron chi connectivity index (χ3n) is 6.01. The molecule has 2 aromatic rings. The van der Waals surface area contributed by atoms with Crippen LogP contribution >= 0.6 is 23.5 Å². The van der Waals surface area contributed by atoms with Crippen molar-refractivity contribution in [2.45, 2.75) is 89.2 Å². The monoisotopic (exact) mass is 412 g/mol. The lowest BCUT2D eigenvalue weighted by Gasteiger charge is -2.25. The van der Waals surface area contributed by atoms with E-state index in [4.69, 9.17) is 0 Å². The molecular weight excluding hydrogens is 376 g/mol. The van der Waals surface area contributed by atoms with E-state index in [0.29, 0.717) is 0 Å². The minimum absolute atomic E-state index is 0.200. The van der Waals surface area contributed by atoms with Gasteiger partial charge in [0.1, 0.15) is 0 Å². The average molecular weight is 413 g/mol. The van der Waals surface area contributed by atoms with Gasteiger partial charge in [0.25, 0.3) is 0 Å². The Kier molecular flexibility index (Phi) is 6.32. The molecule has 0 amide bonds. The van der Waals surface area contributed by atoms with Crippen LogP contribution in [0.3, 0.4) is 0 Å². The fourth-order valence-corrected chi connectivity index (χ4v) is 5.97. The van der Waals surface area contributed by atoms with Crippen molar-refractivity contribution in [3.05, 3.63) is 68.8 Å². The molecule has 0 atom stereocenters. The molecule has 0 radical (unpaired) electrons. The van der Waals surface area contributed by atoms with Crippen LogP contribution < -0.4 is 0 Å². The molecule has 1 heterocycles. The van der Waals surface area contributed by atoms with Crippen molar-refractivity contribution >= 4 is 23.5 Å². The van der Waals surface area contributed by atoms with Crippen LogP contribution in [0.25, 0.3) is 0 Å². The molecule has 28 heavy (non-hydrogen) atoms. The molecule has 2 heteroatoms. The highest BCUT2D eigenvalue weighted by Gasteiger charge is 2.20. The van der Waals surface area contributed by atoms with Gasteiger partial charge in [-0.15, -0.1) is 0 Å². The Morgan fingerprint density at radius 2 is 0.786 bits per heavy atom. The van der Waals surface area contributed by atoms with E-state index in [1.807, 2.05) is 0 Å². The van der Waals surface area contributed by atoms with Gasteiger partial charge in [0.2, 0.25) is 0 Å². The molecule has 0 N–H and O–H groups in total. The number of hydrogen-bond donors (Lipinski definition) is 0. The molecule has 3 rings (SSSR count). The van der Waals surface area contributed by atoms with E-state index in [1.165, 1.54) is 44.5 Å². The second kappa shape index (κ2) is 8.11. The minimum Gasteiger partial charge on any atom is -0.152 e. The third kappa shape index (κ3) is 4.82. The van der Waals surface area contributed by atoms with Crippen LogP contribution in [0.15, 0.2) is 24.3 Å². The first-order chi connectivity index (χ1) is 13.0. The molecular formula is C26H36S2. The second-order valence-electron chi connectivity index (χ2n) is 10.3. The zero-order valence-corrected chi connectivity index (χ0v) is 20.6. The summed E-state index contributed by atoms with van der Waals surface area (Å²) >= 11 is 4.14. The van der Waals surface area contributed by atoms with Crippen LogP contribution in [-0.2, 0) is 33.8 Å². The Morgan fingerprint density at radius 3 is 1.00 bits per heavy atom. The van der Waals surface area contributed by atoms with Gasteiger partial charge in [0, 0.05) is 23.0 Å². The Balaban J connectivity index is 2.01. The molecule has 2 aromatic carbocycles. The second-order valence-corrected chi connectivity index (χ2v) is 12.3. The highest BCUT2D eigenvalue weighted by atomic mass is 32.2. The van der Waals surface area contributed by atoms with Crippen molar-refractivity contribution in [2.75, 3.05) is 0 Å². The molecule has 4 bridgehead atoms. The van der Waals surface area contributed by atoms with Gasteiger partial charge in [-0.25, -0.2) is 0 Å². The van der Waals surface area contributed by atoms with Crippen LogP contribution in [-0.4, -0.2) is 0 Å². The van der Waals surface area contributed by atoms with Gasteiger partial charge in [-0.2, -0.15) is 23.5 Å². The summed E-state index contributed by atoms with van der Waals surface area (Å²) < 4.78 is 0. The molecule has 0 aliphatic carbocycles.